The fraction of sp³-hybridized carbons (Fsp3) is 0. The lowest BCUT2D eigenvalue weighted by Gasteiger charge is -2.03. The van der Waals surface area contributed by atoms with Crippen molar-refractivity contribution in [1.29, 1.82) is 0 Å². The average Bonchev–Trinajstić information content (AvgIpc) is 2.31. The Labute approximate surface area is 119 Å². The van der Waals surface area contributed by atoms with Gasteiger partial charge in [0.2, 0.25) is 0 Å². The first-order valence-electron chi connectivity index (χ1n) is 4.91. The molecule has 0 saturated carbocycles. The monoisotopic (exact) mass is 298 g/mol. The number of aromatic nitrogens is 1. The number of pyridine rings is 1. The zero-order valence-electron chi connectivity index (χ0n) is 9.02. The van der Waals surface area contributed by atoms with Gasteiger partial charge in [0.25, 0.3) is 0 Å². The molecule has 0 saturated heterocycles. The molecule has 0 aliphatic rings. The Morgan fingerprint density at radius 2 is 2.22 bits per heavy atom. The number of para-hydroxylation sites is 1. The zero-order chi connectivity index (χ0) is 13.1. The molecule has 1 aromatic heterocycles. The number of hydrogen-bond donors (Lipinski definition) is 2. The molecule has 0 aliphatic carbocycles. The van der Waals surface area contributed by atoms with Crippen LogP contribution in [0.15, 0.2) is 29.4 Å². The van der Waals surface area contributed by atoms with Crippen LogP contribution in [0, 0.1) is 0 Å². The summed E-state index contributed by atoms with van der Waals surface area (Å²) >= 11 is 16.7. The number of nitrogens with zero attached hydrogens (tertiary/aromatic N) is 2. The SMILES string of the molecule is NC(=S)N/N=C/c1cc2cccc(Cl)c2nc1Cl. The van der Waals surface area contributed by atoms with Crippen LogP contribution in [0.5, 0.6) is 0 Å². The summed E-state index contributed by atoms with van der Waals surface area (Å²) in [5.74, 6) is 0. The zero-order valence-corrected chi connectivity index (χ0v) is 11.4. The van der Waals surface area contributed by atoms with Crippen molar-refractivity contribution in [2.75, 3.05) is 0 Å². The van der Waals surface area contributed by atoms with E-state index < -0.39 is 0 Å². The van der Waals surface area contributed by atoms with Gasteiger partial charge in [0.15, 0.2) is 5.11 Å². The molecule has 1 heterocycles. The van der Waals surface area contributed by atoms with Gasteiger partial charge in [0, 0.05) is 10.9 Å². The number of halogens is 2. The summed E-state index contributed by atoms with van der Waals surface area (Å²) in [6.45, 7) is 0. The predicted molar refractivity (Wildman–Crippen MR) is 79.3 cm³/mol. The van der Waals surface area contributed by atoms with E-state index in [1.165, 1.54) is 6.21 Å². The highest BCUT2D eigenvalue weighted by atomic mass is 35.5. The maximum absolute atomic E-state index is 6.04. The van der Waals surface area contributed by atoms with Crippen LogP contribution >= 0.6 is 35.4 Å². The standard InChI is InChI=1S/C11H8Cl2N4S/c12-8-3-1-2-6-4-7(5-15-17-11(14)18)10(13)16-9(6)8/h1-5H,(H3,14,17,18)/b15-5+. The summed E-state index contributed by atoms with van der Waals surface area (Å²) in [4.78, 5) is 4.22. The molecule has 0 aliphatic heterocycles. The number of rotatable bonds is 2. The molecule has 0 spiro atoms. The van der Waals surface area contributed by atoms with Crippen LogP contribution in [0.3, 0.4) is 0 Å². The first-order chi connectivity index (χ1) is 8.58. The molecule has 0 radical (unpaired) electrons. The quantitative estimate of drug-likeness (QED) is 0.387. The van der Waals surface area contributed by atoms with Gasteiger partial charge in [0.05, 0.1) is 16.8 Å². The Morgan fingerprint density at radius 1 is 1.44 bits per heavy atom. The van der Waals surface area contributed by atoms with Crippen LogP contribution in [0.4, 0.5) is 0 Å². The predicted octanol–water partition coefficient (Wildman–Crippen LogP) is 2.71. The molecule has 7 heteroatoms. The van der Waals surface area contributed by atoms with Gasteiger partial charge in [-0.05, 0) is 24.4 Å². The van der Waals surface area contributed by atoms with Gasteiger partial charge in [-0.1, -0.05) is 35.3 Å². The molecule has 4 nitrogen and oxygen atoms in total. The highest BCUT2D eigenvalue weighted by Gasteiger charge is 2.05. The van der Waals surface area contributed by atoms with Crippen LogP contribution in [0.1, 0.15) is 5.56 Å². The minimum Gasteiger partial charge on any atom is -0.375 e. The van der Waals surface area contributed by atoms with Crippen LogP contribution in [-0.4, -0.2) is 16.3 Å². The van der Waals surface area contributed by atoms with E-state index in [-0.39, 0.29) is 5.11 Å². The van der Waals surface area contributed by atoms with E-state index in [0.29, 0.717) is 21.3 Å². The van der Waals surface area contributed by atoms with Crippen LogP contribution < -0.4 is 11.2 Å². The van der Waals surface area contributed by atoms with Crippen molar-refractivity contribution < 1.29 is 0 Å². The van der Waals surface area contributed by atoms with Gasteiger partial charge in [-0.2, -0.15) is 5.10 Å². The summed E-state index contributed by atoms with van der Waals surface area (Å²) in [6.07, 6.45) is 1.49. The number of thiocarbonyl (C=S) groups is 1. The van der Waals surface area contributed by atoms with Gasteiger partial charge in [-0.3, -0.25) is 5.43 Å². The second kappa shape index (κ2) is 5.48. The fourth-order valence-electron chi connectivity index (χ4n) is 1.41. The van der Waals surface area contributed by atoms with E-state index in [9.17, 15) is 0 Å². The van der Waals surface area contributed by atoms with E-state index in [0.717, 1.165) is 5.39 Å². The van der Waals surface area contributed by atoms with Crippen molar-refractivity contribution in [3.63, 3.8) is 0 Å². The first kappa shape index (κ1) is 13.0. The van der Waals surface area contributed by atoms with E-state index >= 15 is 0 Å². The Hall–Kier alpha value is -1.43. The fourth-order valence-corrected chi connectivity index (χ4v) is 1.88. The van der Waals surface area contributed by atoms with Gasteiger partial charge in [0.1, 0.15) is 5.15 Å². The first-order valence-corrected chi connectivity index (χ1v) is 6.07. The van der Waals surface area contributed by atoms with Gasteiger partial charge in [-0.25, -0.2) is 4.98 Å². The minimum absolute atomic E-state index is 0.0826. The third-order valence-corrected chi connectivity index (χ3v) is 2.85. The number of nitrogens with two attached hydrogens (primary N) is 1. The molecule has 0 amide bonds. The molecular formula is C11H8Cl2N4S. The third-order valence-electron chi connectivity index (χ3n) is 2.16. The molecule has 3 N–H and O–H groups in total. The normalized spacial score (nSPS) is 11.0. The van der Waals surface area contributed by atoms with Crippen LogP contribution in [0.2, 0.25) is 10.2 Å². The van der Waals surface area contributed by atoms with Crippen LogP contribution in [0.25, 0.3) is 10.9 Å². The Balaban J connectivity index is 2.44. The average molecular weight is 299 g/mol. The third kappa shape index (κ3) is 2.87. The molecule has 2 aromatic rings. The van der Waals surface area contributed by atoms with Crippen molar-refractivity contribution in [3.8, 4) is 0 Å². The summed E-state index contributed by atoms with van der Waals surface area (Å²) in [5, 5.41) is 5.66. The maximum atomic E-state index is 6.04. The van der Waals surface area contributed by atoms with Gasteiger partial charge in [-0.15, -0.1) is 0 Å². The number of hydrogen-bond acceptors (Lipinski definition) is 3. The Morgan fingerprint density at radius 3 is 2.94 bits per heavy atom. The number of fused-ring (bicyclic) bond motifs is 1. The highest BCUT2D eigenvalue weighted by molar-refractivity contribution is 7.80. The van der Waals surface area contributed by atoms with E-state index in [1.807, 2.05) is 18.2 Å². The molecule has 0 bridgehead atoms. The molecule has 0 fully saturated rings. The Bertz CT molecular complexity index is 642. The highest BCUT2D eigenvalue weighted by Crippen LogP contribution is 2.25. The molecule has 0 atom stereocenters. The Kier molecular flexibility index (Phi) is 3.96. The summed E-state index contributed by atoms with van der Waals surface area (Å²) in [6, 6.07) is 7.33. The van der Waals surface area contributed by atoms with E-state index in [1.54, 1.807) is 6.07 Å². The van der Waals surface area contributed by atoms with Crippen molar-refractivity contribution >= 4 is 57.6 Å². The lowest BCUT2D eigenvalue weighted by Crippen LogP contribution is -2.24. The molecule has 0 unspecified atom stereocenters. The summed E-state index contributed by atoms with van der Waals surface area (Å²) in [7, 11) is 0. The molecule has 1 aromatic carbocycles. The smallest absolute Gasteiger partial charge is 0.184 e. The number of benzene rings is 1. The molecular weight excluding hydrogens is 291 g/mol. The second-order valence-corrected chi connectivity index (χ2v) is 4.62. The second-order valence-electron chi connectivity index (χ2n) is 3.41. The van der Waals surface area contributed by atoms with Crippen molar-refractivity contribution in [2.45, 2.75) is 0 Å². The van der Waals surface area contributed by atoms with Crippen molar-refractivity contribution in [1.82, 2.24) is 10.4 Å². The van der Waals surface area contributed by atoms with Crippen LogP contribution in [-0.2, 0) is 0 Å². The van der Waals surface area contributed by atoms with E-state index in [4.69, 9.17) is 28.9 Å². The van der Waals surface area contributed by atoms with E-state index in [2.05, 4.69) is 27.7 Å². The minimum atomic E-state index is 0.0826. The van der Waals surface area contributed by atoms with Crippen molar-refractivity contribution in [3.05, 3.63) is 40.0 Å². The summed E-state index contributed by atoms with van der Waals surface area (Å²) in [5.41, 5.74) is 9.00. The molecule has 18 heavy (non-hydrogen) atoms. The van der Waals surface area contributed by atoms with Gasteiger partial charge >= 0.3 is 0 Å². The molecule has 92 valence electrons. The largest absolute Gasteiger partial charge is 0.375 e. The summed E-state index contributed by atoms with van der Waals surface area (Å²) < 4.78 is 0. The lowest BCUT2D eigenvalue weighted by molar-refractivity contribution is 1.04. The van der Waals surface area contributed by atoms with Crippen molar-refractivity contribution in [2.24, 2.45) is 10.8 Å². The molecule has 2 rings (SSSR count). The topological polar surface area (TPSA) is 63.3 Å². The maximum Gasteiger partial charge on any atom is 0.184 e. The number of hydrazone groups is 1. The lowest BCUT2D eigenvalue weighted by atomic mass is 10.2. The number of nitrogens with one attached hydrogen (secondary N) is 1. The van der Waals surface area contributed by atoms with Gasteiger partial charge < -0.3 is 5.73 Å².